The van der Waals surface area contributed by atoms with Gasteiger partial charge in [0.25, 0.3) is 0 Å². The van der Waals surface area contributed by atoms with Crippen molar-refractivity contribution in [1.82, 2.24) is 10.6 Å². The Bertz CT molecular complexity index is 278. The maximum Gasteiger partial charge on any atom is 0.314 e. The second kappa shape index (κ2) is 5.25. The van der Waals surface area contributed by atoms with E-state index in [1.54, 1.807) is 0 Å². The van der Waals surface area contributed by atoms with Crippen LogP contribution < -0.4 is 16.4 Å². The van der Waals surface area contributed by atoms with Gasteiger partial charge in [0.15, 0.2) is 0 Å². The van der Waals surface area contributed by atoms with Gasteiger partial charge in [-0.25, -0.2) is 4.79 Å². The van der Waals surface area contributed by atoms with Crippen LogP contribution in [0, 0.1) is 11.3 Å². The molecule has 1 rings (SSSR count). The van der Waals surface area contributed by atoms with Crippen molar-refractivity contribution in [2.75, 3.05) is 13.1 Å². The van der Waals surface area contributed by atoms with Crippen LogP contribution in [0.2, 0.25) is 0 Å². The first-order valence-corrected chi connectivity index (χ1v) is 6.57. The summed E-state index contributed by atoms with van der Waals surface area (Å²) in [5, 5.41) is 5.61. The predicted molar refractivity (Wildman–Crippen MR) is 70.8 cm³/mol. The van der Waals surface area contributed by atoms with Crippen molar-refractivity contribution in [2.24, 2.45) is 17.1 Å². The first kappa shape index (κ1) is 14.3. The maximum absolute atomic E-state index is 11.4. The monoisotopic (exact) mass is 241 g/mol. The molecular formula is C13H27N3O. The van der Waals surface area contributed by atoms with Gasteiger partial charge in [-0.1, -0.05) is 20.8 Å². The summed E-state index contributed by atoms with van der Waals surface area (Å²) in [7, 11) is 0. The normalized spacial score (nSPS) is 31.9. The Hall–Kier alpha value is -0.770. The third-order valence-electron chi connectivity index (χ3n) is 3.42. The van der Waals surface area contributed by atoms with Crippen LogP contribution in [0.15, 0.2) is 0 Å². The van der Waals surface area contributed by atoms with Crippen LogP contribution in [0.4, 0.5) is 4.79 Å². The molecule has 100 valence electrons. The number of nitrogens with two attached hydrogens (primary N) is 1. The second-order valence-electron chi connectivity index (χ2n) is 6.43. The average molecular weight is 241 g/mol. The molecule has 4 heteroatoms. The predicted octanol–water partition coefficient (Wildman–Crippen LogP) is 1.85. The lowest BCUT2D eigenvalue weighted by molar-refractivity contribution is 0.108. The van der Waals surface area contributed by atoms with Crippen LogP contribution in [0.1, 0.15) is 47.0 Å². The molecule has 2 atom stereocenters. The van der Waals surface area contributed by atoms with Crippen molar-refractivity contribution in [3.8, 4) is 0 Å². The Labute approximate surface area is 105 Å². The van der Waals surface area contributed by atoms with Gasteiger partial charge in [-0.2, -0.15) is 0 Å². The van der Waals surface area contributed by atoms with Crippen molar-refractivity contribution in [3.05, 3.63) is 0 Å². The molecule has 0 bridgehead atoms. The molecule has 0 radical (unpaired) electrons. The van der Waals surface area contributed by atoms with Gasteiger partial charge in [-0.15, -0.1) is 0 Å². The molecule has 1 saturated carbocycles. The molecule has 17 heavy (non-hydrogen) atoms. The van der Waals surface area contributed by atoms with E-state index in [0.717, 1.165) is 12.8 Å². The Morgan fingerprint density at radius 1 is 1.35 bits per heavy atom. The molecule has 0 aliphatic heterocycles. The molecule has 1 fully saturated rings. The minimum absolute atomic E-state index is 0.117. The highest BCUT2D eigenvalue weighted by atomic mass is 16.2. The van der Waals surface area contributed by atoms with Crippen molar-refractivity contribution in [3.63, 3.8) is 0 Å². The van der Waals surface area contributed by atoms with Crippen molar-refractivity contribution >= 4 is 6.03 Å². The van der Waals surface area contributed by atoms with E-state index >= 15 is 0 Å². The summed E-state index contributed by atoms with van der Waals surface area (Å²) in [6.07, 6.45) is 3.17. The summed E-state index contributed by atoms with van der Waals surface area (Å²) in [5.41, 5.74) is 6.44. The number of nitrogens with one attached hydrogen (secondary N) is 2. The smallest absolute Gasteiger partial charge is 0.314 e. The Balaban J connectivity index is 2.52. The summed E-state index contributed by atoms with van der Waals surface area (Å²) in [4.78, 5) is 11.4. The lowest BCUT2D eigenvalue weighted by Crippen LogP contribution is -2.57. The van der Waals surface area contributed by atoms with E-state index < -0.39 is 0 Å². The Morgan fingerprint density at radius 3 is 2.53 bits per heavy atom. The van der Waals surface area contributed by atoms with Crippen LogP contribution in [-0.4, -0.2) is 24.7 Å². The zero-order valence-electron chi connectivity index (χ0n) is 11.6. The van der Waals surface area contributed by atoms with E-state index in [-0.39, 0.29) is 17.0 Å². The minimum Gasteiger partial charge on any atom is -0.338 e. The topological polar surface area (TPSA) is 67.2 Å². The van der Waals surface area contributed by atoms with Crippen LogP contribution in [0.3, 0.4) is 0 Å². The van der Waals surface area contributed by atoms with Crippen molar-refractivity contribution in [1.29, 1.82) is 0 Å². The van der Waals surface area contributed by atoms with E-state index in [1.807, 2.05) is 6.92 Å². The summed E-state index contributed by atoms with van der Waals surface area (Å²) in [6, 6.07) is -0.117. The van der Waals surface area contributed by atoms with E-state index in [2.05, 4.69) is 31.4 Å². The van der Waals surface area contributed by atoms with Gasteiger partial charge in [0, 0.05) is 18.6 Å². The molecule has 0 heterocycles. The molecule has 2 amide bonds. The summed E-state index contributed by atoms with van der Waals surface area (Å²) in [5.74, 6) is 0.625. The van der Waals surface area contributed by atoms with Gasteiger partial charge < -0.3 is 16.4 Å². The maximum atomic E-state index is 11.4. The van der Waals surface area contributed by atoms with Gasteiger partial charge in [-0.3, -0.25) is 0 Å². The van der Waals surface area contributed by atoms with Crippen molar-refractivity contribution < 1.29 is 4.79 Å². The molecule has 0 spiro atoms. The van der Waals surface area contributed by atoms with Crippen LogP contribution in [0.5, 0.6) is 0 Å². The van der Waals surface area contributed by atoms with Crippen LogP contribution in [0.25, 0.3) is 0 Å². The number of rotatable bonds is 3. The molecule has 0 aromatic rings. The molecule has 0 aromatic carbocycles. The first-order valence-electron chi connectivity index (χ1n) is 6.57. The fourth-order valence-electron chi connectivity index (χ4n) is 3.42. The van der Waals surface area contributed by atoms with Crippen LogP contribution >= 0.6 is 0 Å². The van der Waals surface area contributed by atoms with Gasteiger partial charge in [0.1, 0.15) is 0 Å². The molecular weight excluding hydrogens is 214 g/mol. The Morgan fingerprint density at radius 2 is 2.00 bits per heavy atom. The van der Waals surface area contributed by atoms with Gasteiger partial charge >= 0.3 is 6.03 Å². The van der Waals surface area contributed by atoms with Gasteiger partial charge in [0.2, 0.25) is 0 Å². The van der Waals surface area contributed by atoms with E-state index in [4.69, 9.17) is 5.73 Å². The molecule has 4 N–H and O–H groups in total. The second-order valence-corrected chi connectivity index (χ2v) is 6.43. The molecule has 2 unspecified atom stereocenters. The van der Waals surface area contributed by atoms with Gasteiger partial charge in [-0.05, 0) is 37.5 Å². The minimum atomic E-state index is -0.258. The number of hydrogen-bond donors (Lipinski definition) is 3. The molecule has 0 saturated heterocycles. The highest BCUT2D eigenvalue weighted by Gasteiger charge is 2.40. The average Bonchev–Trinajstić information content (AvgIpc) is 2.11. The highest BCUT2D eigenvalue weighted by Crippen LogP contribution is 2.42. The molecule has 4 nitrogen and oxygen atoms in total. The lowest BCUT2D eigenvalue weighted by atomic mass is 9.64. The molecule has 1 aliphatic carbocycles. The van der Waals surface area contributed by atoms with E-state index in [9.17, 15) is 4.79 Å². The largest absolute Gasteiger partial charge is 0.338 e. The van der Waals surface area contributed by atoms with Gasteiger partial charge in [0.05, 0.1) is 0 Å². The third-order valence-corrected chi connectivity index (χ3v) is 3.42. The number of hydrogen-bond acceptors (Lipinski definition) is 2. The summed E-state index contributed by atoms with van der Waals surface area (Å²) >= 11 is 0. The third kappa shape index (κ3) is 4.54. The first-order chi connectivity index (χ1) is 7.76. The summed E-state index contributed by atoms with van der Waals surface area (Å²) in [6.45, 7) is 9.88. The number of amides is 2. The van der Waals surface area contributed by atoms with Crippen LogP contribution in [-0.2, 0) is 0 Å². The fraction of sp³-hybridized carbons (Fsp3) is 0.923. The highest BCUT2D eigenvalue weighted by molar-refractivity contribution is 5.73. The fourth-order valence-corrected chi connectivity index (χ4v) is 3.42. The zero-order valence-corrected chi connectivity index (χ0v) is 11.6. The lowest BCUT2D eigenvalue weighted by Gasteiger charge is -2.45. The standard InChI is InChI=1S/C13H27N3O/c1-5-15-11(17)16-9-13(14)7-10(2)6-12(3,4)8-13/h10H,5-9,14H2,1-4H3,(H2,15,16,17). The molecule has 1 aliphatic rings. The number of carbonyl (C=O) groups is 1. The van der Waals surface area contributed by atoms with E-state index in [0.29, 0.717) is 19.0 Å². The Kier molecular flexibility index (Phi) is 4.42. The quantitative estimate of drug-likeness (QED) is 0.706. The number of urea groups is 1. The zero-order chi connectivity index (χ0) is 13.1. The van der Waals surface area contributed by atoms with E-state index in [1.165, 1.54) is 6.42 Å². The number of carbonyl (C=O) groups excluding carboxylic acids is 1. The molecule has 0 aromatic heterocycles. The summed E-state index contributed by atoms with van der Waals surface area (Å²) < 4.78 is 0. The van der Waals surface area contributed by atoms with Crippen molar-refractivity contribution in [2.45, 2.75) is 52.5 Å². The SMILES string of the molecule is CCNC(=O)NCC1(N)CC(C)CC(C)(C)C1.